The SMILES string of the molecule is NC(N)=N/N=C\c1cccc(Oc2ccc(Cl)cc2)c1. The molecule has 0 heterocycles. The van der Waals surface area contributed by atoms with Crippen LogP contribution in [0.4, 0.5) is 0 Å². The molecule has 0 unspecified atom stereocenters. The Morgan fingerprint density at radius 3 is 2.50 bits per heavy atom. The highest BCUT2D eigenvalue weighted by molar-refractivity contribution is 6.30. The predicted molar refractivity (Wildman–Crippen MR) is 81.4 cm³/mol. The lowest BCUT2D eigenvalue weighted by molar-refractivity contribution is 0.482. The molecule has 4 N–H and O–H groups in total. The molecule has 2 aromatic rings. The summed E-state index contributed by atoms with van der Waals surface area (Å²) in [7, 11) is 0. The topological polar surface area (TPSA) is 86.0 Å². The molecule has 0 fully saturated rings. The van der Waals surface area contributed by atoms with Gasteiger partial charge in [0, 0.05) is 5.02 Å². The Hall–Kier alpha value is -2.53. The molecule has 0 saturated carbocycles. The average molecular weight is 289 g/mol. The molecule has 0 radical (unpaired) electrons. The van der Waals surface area contributed by atoms with Gasteiger partial charge < -0.3 is 16.2 Å². The van der Waals surface area contributed by atoms with Crippen molar-refractivity contribution >= 4 is 23.8 Å². The lowest BCUT2D eigenvalue weighted by atomic mass is 10.2. The highest BCUT2D eigenvalue weighted by Gasteiger charge is 1.98. The molecule has 0 bridgehead atoms. The third-order valence-electron chi connectivity index (χ3n) is 2.29. The van der Waals surface area contributed by atoms with E-state index < -0.39 is 0 Å². The number of guanidine groups is 1. The zero-order valence-electron chi connectivity index (χ0n) is 10.5. The van der Waals surface area contributed by atoms with Crippen LogP contribution in [-0.4, -0.2) is 12.2 Å². The van der Waals surface area contributed by atoms with E-state index >= 15 is 0 Å². The first-order valence-corrected chi connectivity index (χ1v) is 6.17. The Kier molecular flexibility index (Phi) is 4.57. The quantitative estimate of drug-likeness (QED) is 0.515. The van der Waals surface area contributed by atoms with E-state index in [1.54, 1.807) is 24.3 Å². The number of rotatable bonds is 4. The van der Waals surface area contributed by atoms with Crippen LogP contribution in [0.2, 0.25) is 5.02 Å². The normalized spacial score (nSPS) is 10.4. The number of hydrogen-bond donors (Lipinski definition) is 2. The third kappa shape index (κ3) is 4.29. The maximum absolute atomic E-state index is 5.82. The lowest BCUT2D eigenvalue weighted by Gasteiger charge is -2.06. The predicted octanol–water partition coefficient (Wildman–Crippen LogP) is 2.74. The molecule has 6 heteroatoms. The van der Waals surface area contributed by atoms with Gasteiger partial charge >= 0.3 is 0 Å². The van der Waals surface area contributed by atoms with Crippen molar-refractivity contribution in [3.8, 4) is 11.5 Å². The molecule has 0 aromatic heterocycles. The summed E-state index contributed by atoms with van der Waals surface area (Å²) in [6.45, 7) is 0. The molecule has 2 rings (SSSR count). The third-order valence-corrected chi connectivity index (χ3v) is 2.54. The van der Waals surface area contributed by atoms with E-state index in [9.17, 15) is 0 Å². The average Bonchev–Trinajstić information content (AvgIpc) is 2.41. The van der Waals surface area contributed by atoms with Crippen molar-refractivity contribution in [3.63, 3.8) is 0 Å². The minimum atomic E-state index is -0.0881. The highest BCUT2D eigenvalue weighted by Crippen LogP contribution is 2.23. The molecule has 20 heavy (non-hydrogen) atoms. The fourth-order valence-corrected chi connectivity index (χ4v) is 1.59. The van der Waals surface area contributed by atoms with Crippen molar-refractivity contribution in [1.29, 1.82) is 0 Å². The van der Waals surface area contributed by atoms with E-state index in [0.717, 1.165) is 5.56 Å². The van der Waals surface area contributed by atoms with Crippen molar-refractivity contribution in [3.05, 3.63) is 59.1 Å². The van der Waals surface area contributed by atoms with E-state index in [4.69, 9.17) is 27.8 Å². The van der Waals surface area contributed by atoms with Crippen LogP contribution in [0.3, 0.4) is 0 Å². The van der Waals surface area contributed by atoms with Crippen LogP contribution in [-0.2, 0) is 0 Å². The van der Waals surface area contributed by atoms with E-state index in [2.05, 4.69) is 10.2 Å². The van der Waals surface area contributed by atoms with Gasteiger partial charge in [-0.3, -0.25) is 0 Å². The lowest BCUT2D eigenvalue weighted by Crippen LogP contribution is -2.21. The standard InChI is InChI=1S/C14H13ClN4O/c15-11-4-6-12(7-5-11)20-13-3-1-2-10(8-13)9-18-19-14(16)17/h1-9H,(H4,16,17,19)/b18-9-. The van der Waals surface area contributed by atoms with E-state index in [0.29, 0.717) is 16.5 Å². The second-order valence-corrected chi connectivity index (χ2v) is 4.33. The Labute approximate surface area is 121 Å². The molecule has 0 saturated heterocycles. The monoisotopic (exact) mass is 288 g/mol. The molecule has 102 valence electrons. The minimum absolute atomic E-state index is 0.0881. The first kappa shape index (κ1) is 13.9. The number of benzene rings is 2. The maximum atomic E-state index is 5.82. The van der Waals surface area contributed by atoms with Crippen LogP contribution in [0.5, 0.6) is 11.5 Å². The summed E-state index contributed by atoms with van der Waals surface area (Å²) < 4.78 is 5.70. The summed E-state index contributed by atoms with van der Waals surface area (Å²) in [6, 6.07) is 14.5. The van der Waals surface area contributed by atoms with Crippen LogP contribution >= 0.6 is 11.6 Å². The van der Waals surface area contributed by atoms with E-state index in [1.165, 1.54) is 6.21 Å². The Balaban J connectivity index is 2.11. The van der Waals surface area contributed by atoms with Crippen LogP contribution in [0.1, 0.15) is 5.56 Å². The second-order valence-electron chi connectivity index (χ2n) is 3.90. The van der Waals surface area contributed by atoms with Gasteiger partial charge in [-0.1, -0.05) is 23.7 Å². The van der Waals surface area contributed by atoms with Crippen molar-refractivity contribution < 1.29 is 4.74 Å². The molecule has 0 aliphatic carbocycles. The smallest absolute Gasteiger partial charge is 0.211 e. The molecule has 0 aliphatic heterocycles. The van der Waals surface area contributed by atoms with Crippen LogP contribution < -0.4 is 16.2 Å². The number of halogens is 1. The van der Waals surface area contributed by atoms with Crippen molar-refractivity contribution in [1.82, 2.24) is 0 Å². The van der Waals surface area contributed by atoms with Crippen molar-refractivity contribution in [2.24, 2.45) is 21.7 Å². The summed E-state index contributed by atoms with van der Waals surface area (Å²) in [4.78, 5) is 0. The summed E-state index contributed by atoms with van der Waals surface area (Å²) in [5.74, 6) is 1.29. The molecule has 0 atom stereocenters. The maximum Gasteiger partial charge on any atom is 0.211 e. The first-order valence-electron chi connectivity index (χ1n) is 5.79. The zero-order chi connectivity index (χ0) is 14.4. The summed E-state index contributed by atoms with van der Waals surface area (Å²) in [5.41, 5.74) is 11.2. The second kappa shape index (κ2) is 6.58. The number of nitrogens with zero attached hydrogens (tertiary/aromatic N) is 2. The van der Waals surface area contributed by atoms with E-state index in [-0.39, 0.29) is 5.96 Å². The summed E-state index contributed by atoms with van der Waals surface area (Å²) in [6.07, 6.45) is 1.54. The molecule has 0 aliphatic rings. The highest BCUT2D eigenvalue weighted by atomic mass is 35.5. The fourth-order valence-electron chi connectivity index (χ4n) is 1.46. The van der Waals surface area contributed by atoms with Gasteiger partial charge in [0.25, 0.3) is 0 Å². The number of hydrogen-bond acceptors (Lipinski definition) is 3. The molecule has 0 spiro atoms. The molecular weight excluding hydrogens is 276 g/mol. The molecule has 0 amide bonds. The van der Waals surface area contributed by atoms with Crippen molar-refractivity contribution in [2.75, 3.05) is 0 Å². The zero-order valence-corrected chi connectivity index (χ0v) is 11.3. The molecule has 2 aromatic carbocycles. The van der Waals surface area contributed by atoms with Gasteiger partial charge in [0.05, 0.1) is 6.21 Å². The summed E-state index contributed by atoms with van der Waals surface area (Å²) >= 11 is 5.82. The van der Waals surface area contributed by atoms with Crippen LogP contribution in [0.15, 0.2) is 58.7 Å². The Morgan fingerprint density at radius 1 is 1.05 bits per heavy atom. The molecule has 5 nitrogen and oxygen atoms in total. The van der Waals surface area contributed by atoms with E-state index in [1.807, 2.05) is 24.3 Å². The van der Waals surface area contributed by atoms with Gasteiger partial charge in [-0.25, -0.2) is 0 Å². The van der Waals surface area contributed by atoms with Gasteiger partial charge in [0.2, 0.25) is 5.96 Å². The van der Waals surface area contributed by atoms with Gasteiger partial charge in [0.1, 0.15) is 11.5 Å². The van der Waals surface area contributed by atoms with Gasteiger partial charge in [0.15, 0.2) is 0 Å². The van der Waals surface area contributed by atoms with Crippen LogP contribution in [0, 0.1) is 0 Å². The number of ether oxygens (including phenoxy) is 1. The Morgan fingerprint density at radius 2 is 1.80 bits per heavy atom. The van der Waals surface area contributed by atoms with Gasteiger partial charge in [-0.2, -0.15) is 5.10 Å². The number of nitrogens with two attached hydrogens (primary N) is 2. The Bertz CT molecular complexity index is 634. The fraction of sp³-hybridized carbons (Fsp3) is 0. The van der Waals surface area contributed by atoms with Crippen LogP contribution in [0.25, 0.3) is 0 Å². The molecular formula is C14H13ClN4O. The van der Waals surface area contributed by atoms with Gasteiger partial charge in [-0.15, -0.1) is 5.10 Å². The summed E-state index contributed by atoms with van der Waals surface area (Å²) in [5, 5.41) is 7.93. The van der Waals surface area contributed by atoms with Crippen molar-refractivity contribution in [2.45, 2.75) is 0 Å². The first-order chi connectivity index (χ1) is 9.63. The minimum Gasteiger partial charge on any atom is -0.457 e. The largest absolute Gasteiger partial charge is 0.457 e. The van der Waals surface area contributed by atoms with Gasteiger partial charge in [-0.05, 0) is 42.0 Å².